The number of nitrogens with zero attached hydrogens (tertiary/aromatic N) is 1. The predicted molar refractivity (Wildman–Crippen MR) is 52.4 cm³/mol. The topological polar surface area (TPSA) is 12.5 Å². The molecule has 2 rings (SSSR count). The second kappa shape index (κ2) is 4.43. The van der Waals surface area contributed by atoms with E-state index < -0.39 is 11.7 Å². The number of benzene rings is 1. The van der Waals surface area contributed by atoms with Gasteiger partial charge in [-0.05, 0) is 24.1 Å². The third kappa shape index (κ3) is 2.74. The first kappa shape index (κ1) is 11.4. The van der Waals surface area contributed by atoms with E-state index in [-0.39, 0.29) is 6.61 Å². The lowest BCUT2D eigenvalue weighted by Crippen LogP contribution is -2.36. The van der Waals surface area contributed by atoms with Gasteiger partial charge in [0.1, 0.15) is 0 Å². The summed E-state index contributed by atoms with van der Waals surface area (Å²) in [5.74, 6) is 0. The minimum Gasteiger partial charge on any atom is -0.294 e. The minimum atomic E-state index is -4.28. The Bertz CT molecular complexity index is 360. The van der Waals surface area contributed by atoms with Crippen LogP contribution in [0.25, 0.3) is 0 Å². The monoisotopic (exact) mass is 231 g/mol. The molecule has 0 saturated carbocycles. The van der Waals surface area contributed by atoms with E-state index in [1.807, 2.05) is 0 Å². The van der Waals surface area contributed by atoms with Crippen LogP contribution in [0.1, 0.15) is 17.5 Å². The standard InChI is InChI=1S/C11H12F3NO/c12-11(13,14)10-4-1-3-9(7-10)8-16-15-5-2-6-15/h1,3-4,7H,2,5-6,8H2. The van der Waals surface area contributed by atoms with Gasteiger partial charge >= 0.3 is 6.18 Å². The van der Waals surface area contributed by atoms with Gasteiger partial charge in [-0.15, -0.1) is 0 Å². The van der Waals surface area contributed by atoms with Gasteiger partial charge in [-0.2, -0.15) is 18.2 Å². The third-order valence-corrected chi connectivity index (χ3v) is 2.48. The molecule has 16 heavy (non-hydrogen) atoms. The summed E-state index contributed by atoms with van der Waals surface area (Å²) in [7, 11) is 0. The molecule has 0 amide bonds. The van der Waals surface area contributed by atoms with Crippen molar-refractivity contribution in [3.05, 3.63) is 35.4 Å². The Morgan fingerprint density at radius 3 is 2.56 bits per heavy atom. The zero-order chi connectivity index (χ0) is 11.6. The van der Waals surface area contributed by atoms with Crippen molar-refractivity contribution in [2.75, 3.05) is 13.1 Å². The zero-order valence-electron chi connectivity index (χ0n) is 8.63. The molecule has 1 fully saturated rings. The van der Waals surface area contributed by atoms with Gasteiger partial charge in [-0.1, -0.05) is 12.1 Å². The Morgan fingerprint density at radius 1 is 1.25 bits per heavy atom. The first-order valence-electron chi connectivity index (χ1n) is 5.10. The van der Waals surface area contributed by atoms with Crippen LogP contribution in [0.3, 0.4) is 0 Å². The third-order valence-electron chi connectivity index (χ3n) is 2.48. The molecule has 1 heterocycles. The van der Waals surface area contributed by atoms with Gasteiger partial charge < -0.3 is 0 Å². The Hall–Kier alpha value is -1.07. The number of hydrogen-bond donors (Lipinski definition) is 0. The Balaban J connectivity index is 1.98. The summed E-state index contributed by atoms with van der Waals surface area (Å²) in [5, 5.41) is 1.75. The summed E-state index contributed by atoms with van der Waals surface area (Å²) in [5.41, 5.74) is -0.0843. The average Bonchev–Trinajstić information content (AvgIpc) is 2.14. The molecule has 88 valence electrons. The van der Waals surface area contributed by atoms with E-state index in [9.17, 15) is 13.2 Å². The Labute approximate surface area is 91.6 Å². The van der Waals surface area contributed by atoms with Crippen LogP contribution in [-0.4, -0.2) is 18.2 Å². The fraction of sp³-hybridized carbons (Fsp3) is 0.455. The number of halogens is 3. The highest BCUT2D eigenvalue weighted by Crippen LogP contribution is 2.29. The van der Waals surface area contributed by atoms with Crippen molar-refractivity contribution >= 4 is 0 Å². The molecular formula is C11H12F3NO. The quantitative estimate of drug-likeness (QED) is 0.793. The predicted octanol–water partition coefficient (Wildman–Crippen LogP) is 2.84. The molecule has 1 aromatic rings. The molecule has 0 bridgehead atoms. The second-order valence-electron chi connectivity index (χ2n) is 3.75. The lowest BCUT2D eigenvalue weighted by molar-refractivity contribution is -0.205. The largest absolute Gasteiger partial charge is 0.416 e. The van der Waals surface area contributed by atoms with Crippen molar-refractivity contribution < 1.29 is 18.0 Å². The number of hydroxylamine groups is 2. The average molecular weight is 231 g/mol. The van der Waals surface area contributed by atoms with Crippen molar-refractivity contribution in [3.63, 3.8) is 0 Å². The van der Waals surface area contributed by atoms with Crippen molar-refractivity contribution in [2.24, 2.45) is 0 Å². The number of hydrogen-bond acceptors (Lipinski definition) is 2. The molecule has 0 aliphatic carbocycles. The molecule has 0 radical (unpaired) electrons. The van der Waals surface area contributed by atoms with Crippen LogP contribution in [0.2, 0.25) is 0 Å². The summed E-state index contributed by atoms with van der Waals surface area (Å²) in [6, 6.07) is 5.22. The van der Waals surface area contributed by atoms with Gasteiger partial charge in [0.25, 0.3) is 0 Å². The van der Waals surface area contributed by atoms with E-state index in [1.54, 1.807) is 11.1 Å². The normalized spacial score (nSPS) is 17.2. The molecule has 0 atom stereocenters. The Morgan fingerprint density at radius 2 is 2.00 bits per heavy atom. The summed E-state index contributed by atoms with van der Waals surface area (Å²) >= 11 is 0. The molecule has 1 aliphatic heterocycles. The van der Waals surface area contributed by atoms with Gasteiger partial charge in [-0.25, -0.2) is 0 Å². The Kier molecular flexibility index (Phi) is 3.16. The maximum absolute atomic E-state index is 12.4. The van der Waals surface area contributed by atoms with Crippen LogP contribution in [0.15, 0.2) is 24.3 Å². The highest BCUT2D eigenvalue weighted by atomic mass is 19.4. The molecule has 0 N–H and O–H groups in total. The summed E-state index contributed by atoms with van der Waals surface area (Å²) in [6.45, 7) is 1.92. The van der Waals surface area contributed by atoms with Crippen LogP contribution in [0.4, 0.5) is 13.2 Å². The van der Waals surface area contributed by atoms with Crippen molar-refractivity contribution in [1.29, 1.82) is 0 Å². The van der Waals surface area contributed by atoms with Crippen molar-refractivity contribution in [1.82, 2.24) is 5.06 Å². The molecule has 0 spiro atoms. The number of alkyl halides is 3. The molecule has 2 nitrogen and oxygen atoms in total. The van der Waals surface area contributed by atoms with E-state index in [0.717, 1.165) is 31.6 Å². The molecule has 1 saturated heterocycles. The van der Waals surface area contributed by atoms with E-state index in [1.165, 1.54) is 6.07 Å². The maximum Gasteiger partial charge on any atom is 0.416 e. The molecule has 1 aliphatic rings. The molecule has 5 heteroatoms. The minimum absolute atomic E-state index is 0.198. The summed E-state index contributed by atoms with van der Waals surface area (Å²) in [4.78, 5) is 5.30. The first-order chi connectivity index (χ1) is 7.55. The van der Waals surface area contributed by atoms with Gasteiger partial charge in [0, 0.05) is 13.1 Å². The molecule has 0 aromatic heterocycles. The highest BCUT2D eigenvalue weighted by molar-refractivity contribution is 5.25. The van der Waals surface area contributed by atoms with Crippen molar-refractivity contribution in [2.45, 2.75) is 19.2 Å². The highest BCUT2D eigenvalue weighted by Gasteiger charge is 2.30. The second-order valence-corrected chi connectivity index (χ2v) is 3.75. The van der Waals surface area contributed by atoms with Crippen LogP contribution in [0, 0.1) is 0 Å². The fourth-order valence-electron chi connectivity index (χ4n) is 1.42. The van der Waals surface area contributed by atoms with Gasteiger partial charge in [-0.3, -0.25) is 4.84 Å². The lowest BCUT2D eigenvalue weighted by Gasteiger charge is -2.29. The SMILES string of the molecule is FC(F)(F)c1cccc(CON2CCC2)c1. The summed E-state index contributed by atoms with van der Waals surface area (Å²) in [6.07, 6.45) is -3.20. The molecular weight excluding hydrogens is 219 g/mol. The van der Waals surface area contributed by atoms with E-state index >= 15 is 0 Å². The van der Waals surface area contributed by atoms with Crippen LogP contribution < -0.4 is 0 Å². The smallest absolute Gasteiger partial charge is 0.294 e. The van der Waals surface area contributed by atoms with Gasteiger partial charge in [0.05, 0.1) is 12.2 Å². The molecule has 0 unspecified atom stereocenters. The van der Waals surface area contributed by atoms with Crippen LogP contribution >= 0.6 is 0 Å². The van der Waals surface area contributed by atoms with Crippen LogP contribution in [-0.2, 0) is 17.6 Å². The van der Waals surface area contributed by atoms with Gasteiger partial charge in [0.15, 0.2) is 0 Å². The van der Waals surface area contributed by atoms with Crippen LogP contribution in [0.5, 0.6) is 0 Å². The van der Waals surface area contributed by atoms with Gasteiger partial charge in [0.2, 0.25) is 0 Å². The maximum atomic E-state index is 12.4. The van der Waals surface area contributed by atoms with Crippen molar-refractivity contribution in [3.8, 4) is 0 Å². The molecule has 1 aromatic carbocycles. The number of rotatable bonds is 3. The van der Waals surface area contributed by atoms with E-state index in [4.69, 9.17) is 4.84 Å². The van der Waals surface area contributed by atoms with E-state index in [0.29, 0.717) is 5.56 Å². The first-order valence-corrected chi connectivity index (χ1v) is 5.10. The fourth-order valence-corrected chi connectivity index (χ4v) is 1.42. The summed E-state index contributed by atoms with van der Waals surface area (Å²) < 4.78 is 37.2. The zero-order valence-corrected chi connectivity index (χ0v) is 8.63. The van der Waals surface area contributed by atoms with E-state index in [2.05, 4.69) is 0 Å². The lowest BCUT2D eigenvalue weighted by atomic mass is 10.1.